The lowest BCUT2D eigenvalue weighted by Crippen LogP contribution is -2.45. The van der Waals surface area contributed by atoms with Gasteiger partial charge in [0.1, 0.15) is 23.7 Å². The van der Waals surface area contributed by atoms with Gasteiger partial charge in [-0.3, -0.25) is 0 Å². The maximum absolute atomic E-state index is 11.8. The van der Waals surface area contributed by atoms with Crippen molar-refractivity contribution in [3.8, 4) is 5.75 Å². The highest BCUT2D eigenvalue weighted by molar-refractivity contribution is 5.74. The third-order valence-electron chi connectivity index (χ3n) is 2.85. The first-order chi connectivity index (χ1) is 10.6. The van der Waals surface area contributed by atoms with Crippen LogP contribution in [0.1, 0.15) is 46.2 Å². The number of nitrogens with two attached hydrogens (primary N) is 1. The molecule has 0 aliphatic rings. The van der Waals surface area contributed by atoms with Crippen molar-refractivity contribution in [2.24, 2.45) is 5.73 Å². The second-order valence-electron chi connectivity index (χ2n) is 6.57. The average molecular weight is 322 g/mol. The number of alkyl carbamates (subject to hydrolysis) is 1. The Morgan fingerprint density at radius 1 is 1.22 bits per heavy atom. The van der Waals surface area contributed by atoms with Gasteiger partial charge in [0.15, 0.2) is 0 Å². The second-order valence-corrected chi connectivity index (χ2v) is 6.57. The van der Waals surface area contributed by atoms with Gasteiger partial charge >= 0.3 is 6.09 Å². The van der Waals surface area contributed by atoms with Gasteiger partial charge in [0.05, 0.1) is 12.1 Å². The molecule has 0 aliphatic carbocycles. The first-order valence-corrected chi connectivity index (χ1v) is 7.59. The highest BCUT2D eigenvalue weighted by Gasteiger charge is 2.24. The Hall–Kier alpha value is -2.08. The van der Waals surface area contributed by atoms with Crippen LogP contribution in [0, 0.1) is 0 Å². The van der Waals surface area contributed by atoms with Crippen LogP contribution in [0.5, 0.6) is 5.75 Å². The molecule has 0 bridgehead atoms. The van der Waals surface area contributed by atoms with Crippen LogP contribution in [0.15, 0.2) is 24.3 Å². The van der Waals surface area contributed by atoms with Gasteiger partial charge in [-0.1, -0.05) is 12.1 Å². The number of hydrogen-bond donors (Lipinski definition) is 2. The first-order valence-electron chi connectivity index (χ1n) is 7.59. The molecule has 6 heteroatoms. The Kier molecular flexibility index (Phi) is 6.57. The normalized spacial score (nSPS) is 14.0. The number of hydrogen-bond acceptors (Lipinski definition) is 5. The third kappa shape index (κ3) is 6.69. The molecular formula is C17H26N2O4. The first kappa shape index (κ1) is 19.0. The van der Waals surface area contributed by atoms with Crippen molar-refractivity contribution in [2.45, 2.75) is 58.4 Å². The largest absolute Gasteiger partial charge is 0.491 e. The summed E-state index contributed by atoms with van der Waals surface area (Å²) in [5.74, 6) is 0.721. The number of benzene rings is 1. The fraction of sp³-hybridized carbons (Fsp3) is 0.529. The zero-order valence-electron chi connectivity index (χ0n) is 14.3. The minimum Gasteiger partial charge on any atom is -0.491 e. The molecule has 1 aromatic rings. The molecule has 0 aromatic heterocycles. The summed E-state index contributed by atoms with van der Waals surface area (Å²) in [6.07, 6.45) is 0.00326. The van der Waals surface area contributed by atoms with Crippen molar-refractivity contribution < 1.29 is 19.1 Å². The number of carbonyl (C=O) groups excluding carboxylic acids is 2. The maximum atomic E-state index is 11.8. The van der Waals surface area contributed by atoms with Crippen molar-refractivity contribution in [1.82, 2.24) is 5.32 Å². The van der Waals surface area contributed by atoms with Crippen LogP contribution in [0.4, 0.5) is 4.79 Å². The topological polar surface area (TPSA) is 90.6 Å². The number of nitrogens with one attached hydrogen (secondary N) is 1. The van der Waals surface area contributed by atoms with Gasteiger partial charge in [0.2, 0.25) is 0 Å². The molecule has 0 saturated carbocycles. The fourth-order valence-corrected chi connectivity index (χ4v) is 1.90. The van der Waals surface area contributed by atoms with Crippen LogP contribution < -0.4 is 15.8 Å². The molecule has 0 radical (unpaired) electrons. The SMILES string of the molecule is CC(C)Oc1ccc(C(N)C(C=O)NC(=O)OC(C)(C)C)cc1. The molecule has 6 nitrogen and oxygen atoms in total. The lowest BCUT2D eigenvalue weighted by atomic mass is 10.0. The highest BCUT2D eigenvalue weighted by Crippen LogP contribution is 2.19. The lowest BCUT2D eigenvalue weighted by molar-refractivity contribution is -0.110. The monoisotopic (exact) mass is 322 g/mol. The van der Waals surface area contributed by atoms with E-state index in [0.717, 1.165) is 5.75 Å². The Labute approximate surface area is 137 Å². The van der Waals surface area contributed by atoms with Crippen LogP contribution in [0.3, 0.4) is 0 Å². The van der Waals surface area contributed by atoms with Crippen molar-refractivity contribution in [3.63, 3.8) is 0 Å². The van der Waals surface area contributed by atoms with Crippen molar-refractivity contribution in [1.29, 1.82) is 0 Å². The number of rotatable bonds is 6. The Morgan fingerprint density at radius 3 is 2.22 bits per heavy atom. The Balaban J connectivity index is 2.74. The second kappa shape index (κ2) is 7.97. The van der Waals surface area contributed by atoms with E-state index in [9.17, 15) is 9.59 Å². The van der Waals surface area contributed by atoms with Gasteiger partial charge in [-0.05, 0) is 52.3 Å². The zero-order chi connectivity index (χ0) is 17.6. The molecule has 1 amide bonds. The molecule has 2 unspecified atom stereocenters. The molecule has 1 rings (SSSR count). The molecule has 0 saturated heterocycles. The molecule has 128 valence electrons. The summed E-state index contributed by atoms with van der Waals surface area (Å²) < 4.78 is 10.7. The van der Waals surface area contributed by atoms with Crippen LogP contribution in [-0.4, -0.2) is 30.1 Å². The molecule has 0 spiro atoms. The molecule has 3 N–H and O–H groups in total. The summed E-state index contributed by atoms with van der Waals surface area (Å²) in [5.41, 5.74) is 6.15. The van der Waals surface area contributed by atoms with Crippen molar-refractivity contribution in [3.05, 3.63) is 29.8 Å². The van der Waals surface area contributed by atoms with Gasteiger partial charge < -0.3 is 25.3 Å². The lowest BCUT2D eigenvalue weighted by Gasteiger charge is -2.24. The summed E-state index contributed by atoms with van der Waals surface area (Å²) in [6.45, 7) is 9.11. The van der Waals surface area contributed by atoms with Crippen molar-refractivity contribution >= 4 is 12.4 Å². The van der Waals surface area contributed by atoms with E-state index in [1.54, 1.807) is 45.0 Å². The molecule has 0 fully saturated rings. The van der Waals surface area contributed by atoms with Crippen LogP contribution >= 0.6 is 0 Å². The molecule has 0 aliphatic heterocycles. The number of aldehydes is 1. The molecule has 2 atom stereocenters. The van der Waals surface area contributed by atoms with E-state index in [1.165, 1.54) is 0 Å². The number of carbonyl (C=O) groups is 2. The molecule has 1 aromatic carbocycles. The van der Waals surface area contributed by atoms with E-state index in [0.29, 0.717) is 11.8 Å². The van der Waals surface area contributed by atoms with Crippen molar-refractivity contribution in [2.75, 3.05) is 0 Å². The van der Waals surface area contributed by atoms with E-state index in [2.05, 4.69) is 5.32 Å². The number of ether oxygens (including phenoxy) is 2. The smallest absolute Gasteiger partial charge is 0.408 e. The van der Waals surface area contributed by atoms with E-state index >= 15 is 0 Å². The quantitative estimate of drug-likeness (QED) is 0.786. The summed E-state index contributed by atoms with van der Waals surface area (Å²) in [6, 6.07) is 5.57. The van der Waals surface area contributed by atoms with Gasteiger partial charge in [0.25, 0.3) is 0 Å². The third-order valence-corrected chi connectivity index (χ3v) is 2.85. The van der Waals surface area contributed by atoms with E-state index in [1.807, 2.05) is 13.8 Å². The fourth-order valence-electron chi connectivity index (χ4n) is 1.90. The highest BCUT2D eigenvalue weighted by atomic mass is 16.6. The summed E-state index contributed by atoms with van der Waals surface area (Å²) in [7, 11) is 0. The van der Waals surface area contributed by atoms with Crippen LogP contribution in [0.2, 0.25) is 0 Å². The Bertz CT molecular complexity index is 520. The maximum Gasteiger partial charge on any atom is 0.408 e. The Morgan fingerprint density at radius 2 is 1.78 bits per heavy atom. The van der Waals surface area contributed by atoms with Gasteiger partial charge in [-0.25, -0.2) is 4.79 Å². The molecule has 0 heterocycles. The molecular weight excluding hydrogens is 296 g/mol. The summed E-state index contributed by atoms with van der Waals surface area (Å²) in [4.78, 5) is 23.0. The number of amides is 1. The average Bonchev–Trinajstić information content (AvgIpc) is 2.42. The zero-order valence-corrected chi connectivity index (χ0v) is 14.3. The summed E-state index contributed by atoms with van der Waals surface area (Å²) >= 11 is 0. The standard InChI is InChI=1S/C17H26N2O4/c1-11(2)22-13-8-6-12(7-9-13)15(18)14(10-20)19-16(21)23-17(3,4)5/h6-11,14-15H,18H2,1-5H3,(H,19,21). The predicted octanol–water partition coefficient (Wildman–Crippen LogP) is 2.57. The van der Waals surface area contributed by atoms with Crippen LogP contribution in [-0.2, 0) is 9.53 Å². The summed E-state index contributed by atoms with van der Waals surface area (Å²) in [5, 5.41) is 2.48. The van der Waals surface area contributed by atoms with Gasteiger partial charge in [-0.2, -0.15) is 0 Å². The minimum absolute atomic E-state index is 0.0751. The molecule has 23 heavy (non-hydrogen) atoms. The van der Waals surface area contributed by atoms with Crippen LogP contribution in [0.25, 0.3) is 0 Å². The van der Waals surface area contributed by atoms with E-state index < -0.39 is 23.8 Å². The predicted molar refractivity (Wildman–Crippen MR) is 88.4 cm³/mol. The van der Waals surface area contributed by atoms with Gasteiger partial charge in [-0.15, -0.1) is 0 Å². The van der Waals surface area contributed by atoms with E-state index in [4.69, 9.17) is 15.2 Å². The van der Waals surface area contributed by atoms with E-state index in [-0.39, 0.29) is 6.10 Å². The minimum atomic E-state index is -0.873. The van der Waals surface area contributed by atoms with Gasteiger partial charge in [0, 0.05) is 0 Å².